The molecular weight excluding hydrogens is 150 g/mol. The highest BCUT2D eigenvalue weighted by Crippen LogP contribution is 1.96. The maximum absolute atomic E-state index is 4.24. The fourth-order valence-electron chi connectivity index (χ4n) is 0.930. The fourth-order valence-corrected chi connectivity index (χ4v) is 0.930. The Kier molecular flexibility index (Phi) is 3.67. The van der Waals surface area contributed by atoms with Crippen LogP contribution in [0.5, 0.6) is 0 Å². The molecule has 66 valence electrons. The zero-order chi connectivity index (χ0) is 8.81. The van der Waals surface area contributed by atoms with Gasteiger partial charge in [-0.25, -0.2) is 9.97 Å². The molecule has 1 heterocycles. The summed E-state index contributed by atoms with van der Waals surface area (Å²) in [4.78, 5) is 8.47. The summed E-state index contributed by atoms with van der Waals surface area (Å²) in [6, 6.07) is 0. The van der Waals surface area contributed by atoms with Crippen molar-refractivity contribution in [3.63, 3.8) is 0 Å². The number of hydrogen-bond acceptors (Lipinski definition) is 3. The van der Waals surface area contributed by atoms with Crippen LogP contribution in [0.15, 0.2) is 12.4 Å². The number of nitrogens with one attached hydrogen (secondary N) is 1. The first kappa shape index (κ1) is 9.13. The second kappa shape index (κ2) is 4.83. The molecule has 0 aliphatic rings. The summed E-state index contributed by atoms with van der Waals surface area (Å²) in [6.45, 7) is 3.04. The number of hydrogen-bond donors (Lipinski definition) is 1. The molecule has 0 unspecified atom stereocenters. The molecule has 0 saturated heterocycles. The third-order valence-corrected chi connectivity index (χ3v) is 1.77. The number of rotatable bonds is 4. The monoisotopic (exact) mass is 165 g/mol. The van der Waals surface area contributed by atoms with Crippen molar-refractivity contribution in [1.82, 2.24) is 15.3 Å². The Morgan fingerprint density at radius 3 is 2.50 bits per heavy atom. The summed E-state index contributed by atoms with van der Waals surface area (Å²) in [5.41, 5.74) is 1.20. The molecule has 1 aromatic rings. The van der Waals surface area contributed by atoms with E-state index in [1.165, 1.54) is 5.56 Å². The van der Waals surface area contributed by atoms with Crippen LogP contribution in [0.1, 0.15) is 18.3 Å². The highest BCUT2D eigenvalue weighted by Gasteiger charge is 1.94. The molecule has 3 heteroatoms. The van der Waals surface area contributed by atoms with Crippen molar-refractivity contribution < 1.29 is 0 Å². The Morgan fingerprint density at radius 2 is 2.00 bits per heavy atom. The smallest absolute Gasteiger partial charge is 0.129 e. The molecule has 3 nitrogen and oxygen atoms in total. The summed E-state index contributed by atoms with van der Waals surface area (Å²) in [7, 11) is 1.93. The molecule has 0 fully saturated rings. The molecular formula is C9H15N3. The molecule has 0 aromatic carbocycles. The largest absolute Gasteiger partial charge is 0.319 e. The molecule has 0 aliphatic carbocycles. The lowest BCUT2D eigenvalue weighted by atomic mass is 10.3. The zero-order valence-electron chi connectivity index (χ0n) is 7.67. The lowest BCUT2D eigenvalue weighted by Crippen LogP contribution is -2.12. The van der Waals surface area contributed by atoms with Gasteiger partial charge in [0.25, 0.3) is 0 Å². The molecule has 0 saturated carbocycles. The number of nitrogens with zero attached hydrogens (tertiary/aromatic N) is 2. The van der Waals surface area contributed by atoms with Gasteiger partial charge >= 0.3 is 0 Å². The van der Waals surface area contributed by atoms with Gasteiger partial charge in [-0.3, -0.25) is 0 Å². The van der Waals surface area contributed by atoms with Gasteiger partial charge in [-0.2, -0.15) is 0 Å². The molecule has 1 N–H and O–H groups in total. The van der Waals surface area contributed by atoms with Gasteiger partial charge in [-0.1, -0.05) is 6.92 Å². The maximum Gasteiger partial charge on any atom is 0.129 e. The molecule has 1 rings (SSSR count). The third-order valence-electron chi connectivity index (χ3n) is 1.77. The Hall–Kier alpha value is -0.960. The van der Waals surface area contributed by atoms with E-state index >= 15 is 0 Å². The molecule has 12 heavy (non-hydrogen) atoms. The molecule has 0 spiro atoms. The number of likely N-dealkylation sites (N-methyl/N-ethyl adjacent to an activating group) is 1. The Morgan fingerprint density at radius 1 is 1.33 bits per heavy atom. The van der Waals surface area contributed by atoms with Crippen LogP contribution in [-0.4, -0.2) is 23.6 Å². The van der Waals surface area contributed by atoms with Gasteiger partial charge in [0.05, 0.1) is 0 Å². The average Bonchev–Trinajstić information content (AvgIpc) is 2.15. The second-order valence-corrected chi connectivity index (χ2v) is 2.71. The van der Waals surface area contributed by atoms with Gasteiger partial charge < -0.3 is 5.32 Å². The van der Waals surface area contributed by atoms with Crippen molar-refractivity contribution >= 4 is 0 Å². The van der Waals surface area contributed by atoms with Crippen LogP contribution < -0.4 is 5.32 Å². The van der Waals surface area contributed by atoms with Crippen LogP contribution in [0, 0.1) is 0 Å². The van der Waals surface area contributed by atoms with E-state index < -0.39 is 0 Å². The van der Waals surface area contributed by atoms with Gasteiger partial charge in [0, 0.05) is 25.4 Å². The van der Waals surface area contributed by atoms with Crippen LogP contribution in [0.2, 0.25) is 0 Å². The minimum atomic E-state index is 0.903. The van der Waals surface area contributed by atoms with E-state index in [0.29, 0.717) is 0 Å². The van der Waals surface area contributed by atoms with Crippen LogP contribution in [0.3, 0.4) is 0 Å². The van der Waals surface area contributed by atoms with Crippen molar-refractivity contribution in [3.8, 4) is 0 Å². The average molecular weight is 165 g/mol. The van der Waals surface area contributed by atoms with Crippen molar-refractivity contribution in [1.29, 1.82) is 0 Å². The van der Waals surface area contributed by atoms with Gasteiger partial charge in [0.15, 0.2) is 0 Å². The summed E-state index contributed by atoms with van der Waals surface area (Å²) in [5, 5.41) is 3.06. The van der Waals surface area contributed by atoms with Crippen LogP contribution >= 0.6 is 0 Å². The standard InChI is InChI=1S/C9H15N3/c1-3-8-6-11-9(12-7-8)4-5-10-2/h6-7,10H,3-5H2,1-2H3. The highest BCUT2D eigenvalue weighted by atomic mass is 14.9. The maximum atomic E-state index is 4.24. The van der Waals surface area contributed by atoms with E-state index in [2.05, 4.69) is 22.2 Å². The van der Waals surface area contributed by atoms with Crippen LogP contribution in [0.4, 0.5) is 0 Å². The summed E-state index contributed by atoms with van der Waals surface area (Å²) in [5.74, 6) is 0.918. The van der Waals surface area contributed by atoms with E-state index in [4.69, 9.17) is 0 Å². The van der Waals surface area contributed by atoms with Crippen molar-refractivity contribution in [2.75, 3.05) is 13.6 Å². The molecule has 1 aromatic heterocycles. The zero-order valence-corrected chi connectivity index (χ0v) is 7.67. The topological polar surface area (TPSA) is 37.8 Å². The van der Waals surface area contributed by atoms with Gasteiger partial charge in [-0.05, 0) is 19.0 Å². The first-order valence-electron chi connectivity index (χ1n) is 4.31. The molecule has 0 aliphatic heterocycles. The third kappa shape index (κ3) is 2.58. The summed E-state index contributed by atoms with van der Waals surface area (Å²) in [6.07, 6.45) is 5.71. The van der Waals surface area contributed by atoms with E-state index in [1.54, 1.807) is 0 Å². The number of aromatic nitrogens is 2. The Labute approximate surface area is 73.2 Å². The van der Waals surface area contributed by atoms with Crippen LogP contribution in [0.25, 0.3) is 0 Å². The minimum Gasteiger partial charge on any atom is -0.319 e. The lowest BCUT2D eigenvalue weighted by molar-refractivity contribution is 0.752. The van der Waals surface area contributed by atoms with Crippen molar-refractivity contribution in [2.24, 2.45) is 0 Å². The van der Waals surface area contributed by atoms with E-state index in [0.717, 1.165) is 25.2 Å². The van der Waals surface area contributed by atoms with Gasteiger partial charge in [-0.15, -0.1) is 0 Å². The predicted molar refractivity (Wildman–Crippen MR) is 49.0 cm³/mol. The molecule has 0 atom stereocenters. The summed E-state index contributed by atoms with van der Waals surface area (Å²) < 4.78 is 0. The lowest BCUT2D eigenvalue weighted by Gasteiger charge is -1.99. The molecule has 0 radical (unpaired) electrons. The highest BCUT2D eigenvalue weighted by molar-refractivity contribution is 5.04. The second-order valence-electron chi connectivity index (χ2n) is 2.71. The van der Waals surface area contributed by atoms with Crippen molar-refractivity contribution in [2.45, 2.75) is 19.8 Å². The summed E-state index contributed by atoms with van der Waals surface area (Å²) >= 11 is 0. The Balaban J connectivity index is 2.53. The number of aryl methyl sites for hydroxylation is 1. The first-order chi connectivity index (χ1) is 5.86. The predicted octanol–water partition coefficient (Wildman–Crippen LogP) is 0.801. The Bertz CT molecular complexity index is 218. The SMILES string of the molecule is CCc1cnc(CCNC)nc1. The van der Waals surface area contributed by atoms with E-state index in [9.17, 15) is 0 Å². The molecule has 0 bridgehead atoms. The van der Waals surface area contributed by atoms with Gasteiger partial charge in [0.2, 0.25) is 0 Å². The normalized spacial score (nSPS) is 10.2. The van der Waals surface area contributed by atoms with Gasteiger partial charge in [0.1, 0.15) is 5.82 Å². The minimum absolute atomic E-state index is 0.903. The fraction of sp³-hybridized carbons (Fsp3) is 0.556. The molecule has 0 amide bonds. The van der Waals surface area contributed by atoms with E-state index in [-0.39, 0.29) is 0 Å². The van der Waals surface area contributed by atoms with E-state index in [1.807, 2.05) is 19.4 Å². The quantitative estimate of drug-likeness (QED) is 0.717. The van der Waals surface area contributed by atoms with Crippen molar-refractivity contribution in [3.05, 3.63) is 23.8 Å². The first-order valence-corrected chi connectivity index (χ1v) is 4.31. The van der Waals surface area contributed by atoms with Crippen LogP contribution in [-0.2, 0) is 12.8 Å².